The molecule has 1 amide bonds. The lowest BCUT2D eigenvalue weighted by Crippen LogP contribution is -2.28. The van der Waals surface area contributed by atoms with Gasteiger partial charge in [0.15, 0.2) is 6.61 Å². The molecular weight excluding hydrogens is 390 g/mol. The quantitative estimate of drug-likeness (QED) is 0.490. The number of amides is 1. The van der Waals surface area contributed by atoms with Crippen LogP contribution in [-0.4, -0.2) is 22.3 Å². The van der Waals surface area contributed by atoms with E-state index in [4.69, 9.17) is 9.15 Å². The summed E-state index contributed by atoms with van der Waals surface area (Å²) in [5.41, 5.74) is 4.41. The lowest BCUT2D eigenvalue weighted by Gasteiger charge is -2.10. The monoisotopic (exact) mass is 415 g/mol. The zero-order valence-corrected chi connectivity index (χ0v) is 17.3. The van der Waals surface area contributed by atoms with Crippen molar-refractivity contribution in [1.82, 2.24) is 15.1 Å². The van der Waals surface area contributed by atoms with E-state index in [0.29, 0.717) is 12.3 Å². The van der Waals surface area contributed by atoms with Crippen LogP contribution in [0.4, 0.5) is 0 Å². The van der Waals surface area contributed by atoms with Crippen LogP contribution in [0.3, 0.4) is 0 Å². The summed E-state index contributed by atoms with van der Waals surface area (Å²) < 4.78 is 13.6. The predicted molar refractivity (Wildman–Crippen MR) is 118 cm³/mol. The summed E-state index contributed by atoms with van der Waals surface area (Å²) in [6.07, 6.45) is 8.14. The summed E-state index contributed by atoms with van der Waals surface area (Å²) in [5, 5.41) is 8.24. The van der Waals surface area contributed by atoms with Gasteiger partial charge in [-0.3, -0.25) is 9.48 Å². The highest BCUT2D eigenvalue weighted by molar-refractivity contribution is 5.84. The molecule has 0 saturated carbocycles. The van der Waals surface area contributed by atoms with Gasteiger partial charge in [0.1, 0.15) is 17.1 Å². The van der Waals surface area contributed by atoms with Crippen LogP contribution in [0.1, 0.15) is 35.3 Å². The van der Waals surface area contributed by atoms with Crippen LogP contribution in [0.5, 0.6) is 5.75 Å². The Morgan fingerprint density at radius 3 is 2.77 bits per heavy atom. The second-order valence-corrected chi connectivity index (χ2v) is 7.95. The number of aromatic nitrogens is 2. The van der Waals surface area contributed by atoms with Crippen LogP contribution in [-0.2, 0) is 30.7 Å². The molecule has 1 aliphatic rings. The third-order valence-corrected chi connectivity index (χ3v) is 5.71. The van der Waals surface area contributed by atoms with Crippen molar-refractivity contribution in [3.05, 3.63) is 83.4 Å². The molecule has 5 rings (SSSR count). The highest BCUT2D eigenvalue weighted by atomic mass is 16.5. The SMILES string of the molecule is O=C(COc1ccc2oc3c(c2c1)CCCC3)NCc1ccc(Cn2cccn2)cc1. The van der Waals surface area contributed by atoms with E-state index in [1.807, 2.05) is 47.3 Å². The molecule has 0 fully saturated rings. The van der Waals surface area contributed by atoms with Crippen molar-refractivity contribution >= 4 is 16.9 Å². The molecule has 6 heteroatoms. The van der Waals surface area contributed by atoms with Gasteiger partial charge in [-0.2, -0.15) is 5.10 Å². The Balaban J connectivity index is 1.13. The molecule has 0 radical (unpaired) electrons. The second kappa shape index (κ2) is 8.68. The molecule has 2 aromatic carbocycles. The zero-order chi connectivity index (χ0) is 21.0. The normalized spacial score (nSPS) is 13.2. The molecule has 4 aromatic rings. The molecule has 6 nitrogen and oxygen atoms in total. The van der Waals surface area contributed by atoms with Crippen molar-refractivity contribution in [3.63, 3.8) is 0 Å². The van der Waals surface area contributed by atoms with Gasteiger partial charge in [-0.1, -0.05) is 24.3 Å². The van der Waals surface area contributed by atoms with Crippen LogP contribution in [0.25, 0.3) is 11.0 Å². The van der Waals surface area contributed by atoms with E-state index >= 15 is 0 Å². The van der Waals surface area contributed by atoms with Crippen molar-refractivity contribution in [1.29, 1.82) is 0 Å². The number of hydrogen-bond acceptors (Lipinski definition) is 4. The van der Waals surface area contributed by atoms with Gasteiger partial charge in [-0.05, 0) is 54.7 Å². The summed E-state index contributed by atoms with van der Waals surface area (Å²) in [4.78, 5) is 12.2. The number of aryl methyl sites for hydroxylation is 2. The number of fused-ring (bicyclic) bond motifs is 3. The Morgan fingerprint density at radius 2 is 1.94 bits per heavy atom. The van der Waals surface area contributed by atoms with Gasteiger partial charge in [-0.25, -0.2) is 0 Å². The number of nitrogens with one attached hydrogen (secondary N) is 1. The molecule has 0 saturated heterocycles. The molecule has 1 N–H and O–H groups in total. The Morgan fingerprint density at radius 1 is 1.10 bits per heavy atom. The smallest absolute Gasteiger partial charge is 0.258 e. The van der Waals surface area contributed by atoms with Crippen molar-refractivity contribution in [2.45, 2.75) is 38.8 Å². The van der Waals surface area contributed by atoms with Gasteiger partial charge in [0.2, 0.25) is 0 Å². The summed E-state index contributed by atoms with van der Waals surface area (Å²) in [7, 11) is 0. The molecule has 0 atom stereocenters. The first-order valence-corrected chi connectivity index (χ1v) is 10.7. The molecule has 0 bridgehead atoms. The Hall–Kier alpha value is -3.54. The van der Waals surface area contributed by atoms with Crippen molar-refractivity contribution < 1.29 is 13.9 Å². The number of ether oxygens (including phenoxy) is 1. The third kappa shape index (κ3) is 4.48. The molecular formula is C25H25N3O3. The third-order valence-electron chi connectivity index (χ3n) is 5.71. The van der Waals surface area contributed by atoms with Crippen LogP contribution in [0.2, 0.25) is 0 Å². The fourth-order valence-corrected chi connectivity index (χ4v) is 4.08. The van der Waals surface area contributed by atoms with Crippen LogP contribution in [0, 0.1) is 0 Å². The van der Waals surface area contributed by atoms with Gasteiger partial charge in [0.25, 0.3) is 5.91 Å². The minimum atomic E-state index is -0.144. The van der Waals surface area contributed by atoms with Gasteiger partial charge in [-0.15, -0.1) is 0 Å². The second-order valence-electron chi connectivity index (χ2n) is 7.95. The van der Waals surface area contributed by atoms with Crippen LogP contribution >= 0.6 is 0 Å². The number of rotatable bonds is 7. The zero-order valence-electron chi connectivity index (χ0n) is 17.3. The van der Waals surface area contributed by atoms with Crippen LogP contribution < -0.4 is 10.1 Å². The van der Waals surface area contributed by atoms with Crippen LogP contribution in [0.15, 0.2) is 65.3 Å². The first-order valence-electron chi connectivity index (χ1n) is 10.7. The van der Waals surface area contributed by atoms with Crippen molar-refractivity contribution in [2.75, 3.05) is 6.61 Å². The van der Waals surface area contributed by atoms with Gasteiger partial charge in [0, 0.05) is 36.3 Å². The maximum Gasteiger partial charge on any atom is 0.258 e. The number of nitrogens with zero attached hydrogens (tertiary/aromatic N) is 2. The first kappa shape index (κ1) is 19.4. The van der Waals surface area contributed by atoms with E-state index in [1.165, 1.54) is 24.0 Å². The lowest BCUT2D eigenvalue weighted by atomic mass is 9.96. The Labute approximate surface area is 180 Å². The highest BCUT2D eigenvalue weighted by Crippen LogP contribution is 2.33. The minimum absolute atomic E-state index is 0.0110. The maximum atomic E-state index is 12.2. The van der Waals surface area contributed by atoms with Gasteiger partial charge >= 0.3 is 0 Å². The minimum Gasteiger partial charge on any atom is -0.484 e. The molecule has 0 aliphatic heterocycles. The van der Waals surface area contributed by atoms with E-state index in [0.717, 1.165) is 41.7 Å². The summed E-state index contributed by atoms with van der Waals surface area (Å²) in [6, 6.07) is 15.9. The molecule has 0 unspecified atom stereocenters. The lowest BCUT2D eigenvalue weighted by molar-refractivity contribution is -0.123. The van der Waals surface area contributed by atoms with Gasteiger partial charge < -0.3 is 14.5 Å². The fourth-order valence-electron chi connectivity index (χ4n) is 4.08. The summed E-state index contributed by atoms with van der Waals surface area (Å²) >= 11 is 0. The largest absolute Gasteiger partial charge is 0.484 e. The van der Waals surface area contributed by atoms with E-state index < -0.39 is 0 Å². The maximum absolute atomic E-state index is 12.2. The molecule has 31 heavy (non-hydrogen) atoms. The number of hydrogen-bond donors (Lipinski definition) is 1. The van der Waals surface area contributed by atoms with E-state index in [2.05, 4.69) is 22.5 Å². The van der Waals surface area contributed by atoms with E-state index in [-0.39, 0.29) is 12.5 Å². The Bertz CT molecular complexity index is 1180. The predicted octanol–water partition coefficient (Wildman–Crippen LogP) is 4.25. The number of carbonyl (C=O) groups excluding carboxylic acids is 1. The highest BCUT2D eigenvalue weighted by Gasteiger charge is 2.18. The average Bonchev–Trinajstić information content (AvgIpc) is 3.44. The van der Waals surface area contributed by atoms with Crippen molar-refractivity contribution in [3.8, 4) is 5.75 Å². The molecule has 1 aliphatic carbocycles. The molecule has 0 spiro atoms. The Kier molecular flexibility index (Phi) is 5.44. The molecule has 2 heterocycles. The molecule has 2 aromatic heterocycles. The summed E-state index contributed by atoms with van der Waals surface area (Å²) in [6.45, 7) is 1.19. The molecule has 158 valence electrons. The van der Waals surface area contributed by atoms with Gasteiger partial charge in [0.05, 0.1) is 6.54 Å². The van der Waals surface area contributed by atoms with E-state index in [9.17, 15) is 4.79 Å². The topological polar surface area (TPSA) is 69.3 Å². The number of furan rings is 1. The standard InChI is InChI=1S/C25H25N3O3/c29-25(26-15-18-6-8-19(9-7-18)16-28-13-3-12-27-28)17-30-20-10-11-24-22(14-20)21-4-1-2-5-23(21)31-24/h3,6-14H,1-2,4-5,15-17H2,(H,26,29). The number of benzene rings is 2. The fraction of sp³-hybridized carbons (Fsp3) is 0.280. The average molecular weight is 415 g/mol. The summed E-state index contributed by atoms with van der Waals surface area (Å²) in [5.74, 6) is 1.65. The first-order chi connectivity index (χ1) is 15.2. The number of carbonyl (C=O) groups is 1. The van der Waals surface area contributed by atoms with Crippen molar-refractivity contribution in [2.24, 2.45) is 0 Å². The van der Waals surface area contributed by atoms with E-state index in [1.54, 1.807) is 6.20 Å².